The lowest BCUT2D eigenvalue weighted by atomic mass is 10.0. The van der Waals surface area contributed by atoms with Crippen LogP contribution in [-0.2, 0) is 14.3 Å². The van der Waals surface area contributed by atoms with Crippen LogP contribution in [0.15, 0.2) is 60.7 Å². The van der Waals surface area contributed by atoms with Crippen LogP contribution in [0.5, 0.6) is 11.5 Å². The fourth-order valence-corrected chi connectivity index (χ4v) is 4.70. The van der Waals surface area contributed by atoms with Crippen molar-refractivity contribution in [3.8, 4) is 11.5 Å². The molecule has 1 fully saturated rings. The van der Waals surface area contributed by atoms with Crippen LogP contribution in [0.2, 0.25) is 10.0 Å². The van der Waals surface area contributed by atoms with Crippen molar-refractivity contribution in [2.75, 3.05) is 18.1 Å². The molecule has 1 aliphatic rings. The van der Waals surface area contributed by atoms with Crippen molar-refractivity contribution in [2.45, 2.75) is 33.1 Å². The number of amides is 1. The molecule has 0 spiro atoms. The number of rotatable bonds is 8. The summed E-state index contributed by atoms with van der Waals surface area (Å²) in [7, 11) is 0. The summed E-state index contributed by atoms with van der Waals surface area (Å²) >= 11 is 11.9. The molecule has 8 heteroatoms. The summed E-state index contributed by atoms with van der Waals surface area (Å²) in [5.74, 6) is -0.139. The van der Waals surface area contributed by atoms with Crippen molar-refractivity contribution in [1.29, 1.82) is 0 Å². The summed E-state index contributed by atoms with van der Waals surface area (Å²) < 4.78 is 11.3. The van der Waals surface area contributed by atoms with E-state index in [1.54, 1.807) is 29.2 Å². The fourth-order valence-electron chi connectivity index (χ4n) is 4.19. The van der Waals surface area contributed by atoms with E-state index in [2.05, 4.69) is 26.0 Å². The zero-order valence-corrected chi connectivity index (χ0v) is 22.3. The number of anilines is 1. The minimum atomic E-state index is -0.669. The van der Waals surface area contributed by atoms with E-state index < -0.39 is 24.3 Å². The number of esters is 1. The molecule has 0 aromatic heterocycles. The highest BCUT2D eigenvalue weighted by molar-refractivity contribution is 6.36. The zero-order valence-electron chi connectivity index (χ0n) is 20.8. The Labute approximate surface area is 226 Å². The molecule has 37 heavy (non-hydrogen) atoms. The Bertz CT molecular complexity index is 1340. The van der Waals surface area contributed by atoms with Gasteiger partial charge in [0.2, 0.25) is 11.7 Å². The Morgan fingerprint density at radius 3 is 2.43 bits per heavy atom. The maximum Gasteiger partial charge on any atom is 0.311 e. The SMILES string of the molecule is Cc1ccc(C(C)C)c(Oc2ccc(N3C[C@@H](C(=O)OCC(=O)c4ccc(Cl)cc4Cl)CC3=O)cc2)c1. The molecule has 0 N–H and O–H groups in total. The van der Waals surface area contributed by atoms with Gasteiger partial charge < -0.3 is 14.4 Å². The number of ketones is 1. The van der Waals surface area contributed by atoms with Gasteiger partial charge in [-0.15, -0.1) is 0 Å². The smallest absolute Gasteiger partial charge is 0.311 e. The minimum absolute atomic E-state index is 0.00795. The topological polar surface area (TPSA) is 72.9 Å². The fraction of sp³-hybridized carbons (Fsp3) is 0.276. The average molecular weight is 540 g/mol. The lowest BCUT2D eigenvalue weighted by Gasteiger charge is -2.18. The predicted molar refractivity (Wildman–Crippen MR) is 144 cm³/mol. The summed E-state index contributed by atoms with van der Waals surface area (Å²) in [6.07, 6.45) is 0.00795. The molecule has 3 aromatic rings. The highest BCUT2D eigenvalue weighted by Gasteiger charge is 2.36. The van der Waals surface area contributed by atoms with Crippen molar-refractivity contribution < 1.29 is 23.9 Å². The highest BCUT2D eigenvalue weighted by atomic mass is 35.5. The molecule has 192 valence electrons. The standard InChI is InChI=1S/C29H27Cl2NO5/c1-17(2)23-10-4-18(3)12-27(23)37-22-8-6-21(7-9-22)32-15-19(13-28(32)34)29(35)36-16-26(33)24-11-5-20(30)14-25(24)31/h4-12,14,17,19H,13,15-16H2,1-3H3/t19-/m0/s1. The third-order valence-electron chi connectivity index (χ3n) is 6.20. The quantitative estimate of drug-likeness (QED) is 0.227. The number of ether oxygens (including phenoxy) is 2. The second kappa shape index (κ2) is 11.4. The second-order valence-electron chi connectivity index (χ2n) is 9.35. The van der Waals surface area contributed by atoms with Crippen molar-refractivity contribution in [2.24, 2.45) is 5.92 Å². The zero-order chi connectivity index (χ0) is 26.7. The maximum absolute atomic E-state index is 12.6. The number of nitrogens with zero attached hydrogens (tertiary/aromatic N) is 1. The number of carbonyl (C=O) groups is 3. The summed E-state index contributed by atoms with van der Waals surface area (Å²) in [6, 6.07) is 17.8. The van der Waals surface area contributed by atoms with E-state index in [0.717, 1.165) is 16.9 Å². The Morgan fingerprint density at radius 2 is 1.76 bits per heavy atom. The predicted octanol–water partition coefficient (Wildman–Crippen LogP) is 7.00. The molecule has 1 amide bonds. The molecule has 0 radical (unpaired) electrons. The van der Waals surface area contributed by atoms with Crippen LogP contribution in [0.1, 0.15) is 47.7 Å². The Balaban J connectivity index is 1.37. The molecule has 0 saturated carbocycles. The molecular formula is C29H27Cl2NO5. The number of hydrogen-bond donors (Lipinski definition) is 0. The van der Waals surface area contributed by atoms with E-state index in [0.29, 0.717) is 22.4 Å². The van der Waals surface area contributed by atoms with E-state index in [4.69, 9.17) is 32.7 Å². The molecule has 1 aliphatic heterocycles. The van der Waals surface area contributed by atoms with Gasteiger partial charge in [-0.1, -0.05) is 49.2 Å². The van der Waals surface area contributed by atoms with Gasteiger partial charge in [-0.05, 0) is 72.5 Å². The van der Waals surface area contributed by atoms with Crippen LogP contribution in [0.25, 0.3) is 0 Å². The highest BCUT2D eigenvalue weighted by Crippen LogP contribution is 2.33. The van der Waals surface area contributed by atoms with Crippen LogP contribution in [0.3, 0.4) is 0 Å². The maximum atomic E-state index is 12.6. The van der Waals surface area contributed by atoms with Gasteiger partial charge in [0.1, 0.15) is 11.5 Å². The minimum Gasteiger partial charge on any atom is -0.457 e. The van der Waals surface area contributed by atoms with Gasteiger partial charge in [0.05, 0.1) is 10.9 Å². The van der Waals surface area contributed by atoms with E-state index in [1.807, 2.05) is 13.0 Å². The number of benzene rings is 3. The molecule has 6 nitrogen and oxygen atoms in total. The van der Waals surface area contributed by atoms with Gasteiger partial charge in [0.25, 0.3) is 0 Å². The summed E-state index contributed by atoms with van der Waals surface area (Å²) in [4.78, 5) is 39.2. The Hall–Kier alpha value is -3.35. The third-order valence-corrected chi connectivity index (χ3v) is 6.75. The van der Waals surface area contributed by atoms with E-state index in [-0.39, 0.29) is 29.5 Å². The first-order valence-corrected chi connectivity index (χ1v) is 12.7. The molecule has 3 aromatic carbocycles. The lowest BCUT2D eigenvalue weighted by molar-refractivity contribution is -0.147. The van der Waals surface area contributed by atoms with Crippen molar-refractivity contribution in [3.05, 3.63) is 87.4 Å². The van der Waals surface area contributed by atoms with Gasteiger partial charge >= 0.3 is 5.97 Å². The summed E-state index contributed by atoms with van der Waals surface area (Å²) in [6.45, 7) is 5.95. The summed E-state index contributed by atoms with van der Waals surface area (Å²) in [5, 5.41) is 0.587. The number of halogens is 2. The first-order chi connectivity index (χ1) is 17.6. The third kappa shape index (κ3) is 6.32. The second-order valence-corrected chi connectivity index (χ2v) is 10.2. The first-order valence-electron chi connectivity index (χ1n) is 12.0. The van der Waals surface area contributed by atoms with Crippen LogP contribution in [-0.4, -0.2) is 30.8 Å². The van der Waals surface area contributed by atoms with Crippen LogP contribution >= 0.6 is 23.2 Å². The molecule has 1 saturated heterocycles. The molecule has 0 aliphatic carbocycles. The summed E-state index contributed by atoms with van der Waals surface area (Å²) in [5.41, 5.74) is 3.10. The first kappa shape index (κ1) is 26.7. The van der Waals surface area contributed by atoms with Crippen molar-refractivity contribution >= 4 is 46.5 Å². The molecule has 4 rings (SSSR count). The average Bonchev–Trinajstić information content (AvgIpc) is 3.24. The number of Topliss-reactive ketones (excluding diaryl/α,β-unsaturated/α-hetero) is 1. The lowest BCUT2D eigenvalue weighted by Crippen LogP contribution is -2.27. The number of carbonyl (C=O) groups excluding carboxylic acids is 3. The van der Waals surface area contributed by atoms with Crippen molar-refractivity contribution in [1.82, 2.24) is 0 Å². The van der Waals surface area contributed by atoms with E-state index in [1.165, 1.54) is 18.2 Å². The van der Waals surface area contributed by atoms with Gasteiger partial charge in [-0.2, -0.15) is 0 Å². The largest absolute Gasteiger partial charge is 0.457 e. The molecule has 0 unspecified atom stereocenters. The number of hydrogen-bond acceptors (Lipinski definition) is 5. The Kier molecular flexibility index (Phi) is 8.20. The molecule has 1 heterocycles. The van der Waals surface area contributed by atoms with Gasteiger partial charge in [-0.3, -0.25) is 14.4 Å². The van der Waals surface area contributed by atoms with Crippen LogP contribution in [0.4, 0.5) is 5.69 Å². The monoisotopic (exact) mass is 539 g/mol. The normalized spacial score (nSPS) is 15.2. The van der Waals surface area contributed by atoms with E-state index >= 15 is 0 Å². The van der Waals surface area contributed by atoms with Gasteiger partial charge in [0.15, 0.2) is 6.61 Å². The Morgan fingerprint density at radius 1 is 1.03 bits per heavy atom. The number of aryl methyl sites for hydroxylation is 1. The van der Waals surface area contributed by atoms with Crippen LogP contribution < -0.4 is 9.64 Å². The van der Waals surface area contributed by atoms with Gasteiger partial charge in [0, 0.05) is 29.2 Å². The molecular weight excluding hydrogens is 513 g/mol. The van der Waals surface area contributed by atoms with Gasteiger partial charge in [-0.25, -0.2) is 0 Å². The molecule has 0 bridgehead atoms. The van der Waals surface area contributed by atoms with Crippen LogP contribution in [0, 0.1) is 12.8 Å². The van der Waals surface area contributed by atoms with Crippen molar-refractivity contribution in [3.63, 3.8) is 0 Å². The van der Waals surface area contributed by atoms with E-state index in [9.17, 15) is 14.4 Å². The molecule has 1 atom stereocenters.